The van der Waals surface area contributed by atoms with Crippen LogP contribution in [0.2, 0.25) is 0 Å². The molecule has 1 saturated heterocycles. The topological polar surface area (TPSA) is 53.5 Å². The molecular weight excluding hydrogens is 276 g/mol. The maximum atomic E-state index is 14.1. The Morgan fingerprint density at radius 3 is 2.57 bits per heavy atom. The van der Waals surface area contributed by atoms with Gasteiger partial charge in [-0.05, 0) is 37.5 Å². The molecule has 1 atom stereocenters. The SMILES string of the molecule is Cc1cc(F)c(C2(C)NC(=NCC(C)C)NC2=O)cc1F. The average Bonchev–Trinajstić information content (AvgIpc) is 2.68. The molecule has 4 nitrogen and oxygen atoms in total. The van der Waals surface area contributed by atoms with Crippen molar-refractivity contribution in [1.29, 1.82) is 0 Å². The highest BCUT2D eigenvalue weighted by molar-refractivity contribution is 6.09. The Balaban J connectivity index is 2.37. The molecule has 2 N–H and O–H groups in total. The van der Waals surface area contributed by atoms with Crippen molar-refractivity contribution in [3.63, 3.8) is 0 Å². The molecule has 1 aromatic carbocycles. The lowest BCUT2D eigenvalue weighted by molar-refractivity contribution is -0.123. The quantitative estimate of drug-likeness (QED) is 0.898. The van der Waals surface area contributed by atoms with Crippen LogP contribution in [0.4, 0.5) is 8.78 Å². The number of halogens is 2. The van der Waals surface area contributed by atoms with Crippen LogP contribution in [0, 0.1) is 24.5 Å². The Kier molecular flexibility index (Phi) is 3.98. The molecule has 0 aliphatic carbocycles. The lowest BCUT2D eigenvalue weighted by Gasteiger charge is -2.22. The highest BCUT2D eigenvalue weighted by atomic mass is 19.1. The Labute approximate surface area is 122 Å². The molecule has 0 saturated carbocycles. The number of aliphatic imine (C=N–C) groups is 1. The van der Waals surface area contributed by atoms with E-state index in [1.165, 1.54) is 13.8 Å². The van der Waals surface area contributed by atoms with Crippen molar-refractivity contribution >= 4 is 11.9 Å². The zero-order valence-corrected chi connectivity index (χ0v) is 12.6. The average molecular weight is 295 g/mol. The first kappa shape index (κ1) is 15.4. The third-order valence-corrected chi connectivity index (χ3v) is 3.46. The van der Waals surface area contributed by atoms with Gasteiger partial charge in [0.25, 0.3) is 5.91 Å². The molecule has 1 unspecified atom stereocenters. The fourth-order valence-corrected chi connectivity index (χ4v) is 2.13. The molecule has 1 aliphatic rings. The Morgan fingerprint density at radius 1 is 1.29 bits per heavy atom. The van der Waals surface area contributed by atoms with Gasteiger partial charge in [-0.2, -0.15) is 0 Å². The third-order valence-electron chi connectivity index (χ3n) is 3.46. The summed E-state index contributed by atoms with van der Waals surface area (Å²) in [6, 6.07) is 2.15. The zero-order chi connectivity index (χ0) is 15.8. The third kappa shape index (κ3) is 2.89. The van der Waals surface area contributed by atoms with Gasteiger partial charge >= 0.3 is 0 Å². The summed E-state index contributed by atoms with van der Waals surface area (Å²) in [5.41, 5.74) is -1.20. The zero-order valence-electron chi connectivity index (χ0n) is 12.6. The van der Waals surface area contributed by atoms with E-state index in [4.69, 9.17) is 0 Å². The Hall–Kier alpha value is -1.98. The molecule has 1 aliphatic heterocycles. The van der Waals surface area contributed by atoms with E-state index in [1.807, 2.05) is 13.8 Å². The summed E-state index contributed by atoms with van der Waals surface area (Å²) in [7, 11) is 0. The minimum atomic E-state index is -1.37. The van der Waals surface area contributed by atoms with E-state index in [0.29, 0.717) is 12.5 Å². The smallest absolute Gasteiger partial charge is 0.256 e. The van der Waals surface area contributed by atoms with Gasteiger partial charge in [0.05, 0.1) is 0 Å². The molecule has 6 heteroatoms. The van der Waals surface area contributed by atoms with Gasteiger partial charge in [-0.3, -0.25) is 15.1 Å². The first-order valence-electron chi connectivity index (χ1n) is 6.84. The summed E-state index contributed by atoms with van der Waals surface area (Å²) in [5.74, 6) is -1.00. The van der Waals surface area contributed by atoms with Gasteiger partial charge in [0.15, 0.2) is 5.96 Å². The Bertz CT molecular complexity index is 613. The van der Waals surface area contributed by atoms with Crippen molar-refractivity contribution in [2.75, 3.05) is 6.54 Å². The molecule has 2 rings (SSSR count). The molecule has 1 heterocycles. The van der Waals surface area contributed by atoms with E-state index >= 15 is 0 Å². The van der Waals surface area contributed by atoms with Gasteiger partial charge in [-0.1, -0.05) is 13.8 Å². The van der Waals surface area contributed by atoms with Gasteiger partial charge in [0.1, 0.15) is 17.2 Å². The number of carbonyl (C=O) groups excluding carboxylic acids is 1. The highest BCUT2D eigenvalue weighted by Crippen LogP contribution is 2.28. The van der Waals surface area contributed by atoms with Crippen molar-refractivity contribution in [3.8, 4) is 0 Å². The van der Waals surface area contributed by atoms with Crippen LogP contribution in [0.3, 0.4) is 0 Å². The standard InChI is InChI=1S/C15H19F2N3O/c1-8(2)7-18-14-19-13(21)15(4,20-14)10-6-11(16)9(3)5-12(10)17/h5-6,8H,7H2,1-4H3,(H2,18,19,20,21). The van der Waals surface area contributed by atoms with Crippen molar-refractivity contribution in [2.24, 2.45) is 10.9 Å². The van der Waals surface area contributed by atoms with E-state index in [-0.39, 0.29) is 17.1 Å². The molecule has 0 aromatic heterocycles. The van der Waals surface area contributed by atoms with Crippen LogP contribution in [-0.4, -0.2) is 18.4 Å². The number of guanidine groups is 1. The largest absolute Gasteiger partial charge is 0.338 e. The fourth-order valence-electron chi connectivity index (χ4n) is 2.13. The van der Waals surface area contributed by atoms with Gasteiger partial charge in [0, 0.05) is 12.1 Å². The molecule has 0 radical (unpaired) electrons. The number of aryl methyl sites for hydroxylation is 1. The molecule has 1 amide bonds. The Morgan fingerprint density at radius 2 is 1.95 bits per heavy atom. The monoisotopic (exact) mass is 295 g/mol. The van der Waals surface area contributed by atoms with Crippen LogP contribution in [0.5, 0.6) is 0 Å². The van der Waals surface area contributed by atoms with Gasteiger partial charge in [0.2, 0.25) is 0 Å². The lowest BCUT2D eigenvalue weighted by atomic mass is 9.91. The number of benzene rings is 1. The minimum absolute atomic E-state index is 0.0298. The summed E-state index contributed by atoms with van der Waals surface area (Å²) in [4.78, 5) is 16.4. The van der Waals surface area contributed by atoms with E-state index in [9.17, 15) is 13.6 Å². The number of rotatable bonds is 3. The number of hydrogen-bond acceptors (Lipinski definition) is 2. The van der Waals surface area contributed by atoms with E-state index in [1.54, 1.807) is 0 Å². The first-order valence-corrected chi connectivity index (χ1v) is 6.84. The van der Waals surface area contributed by atoms with Crippen molar-refractivity contribution in [1.82, 2.24) is 10.6 Å². The van der Waals surface area contributed by atoms with Crippen molar-refractivity contribution < 1.29 is 13.6 Å². The minimum Gasteiger partial charge on any atom is -0.338 e. The molecule has 1 fully saturated rings. The van der Waals surface area contributed by atoms with Gasteiger partial charge < -0.3 is 5.32 Å². The van der Waals surface area contributed by atoms with Crippen LogP contribution in [-0.2, 0) is 10.3 Å². The van der Waals surface area contributed by atoms with Gasteiger partial charge in [-0.15, -0.1) is 0 Å². The summed E-state index contributed by atoms with van der Waals surface area (Å²) in [6.07, 6.45) is 0. The van der Waals surface area contributed by atoms with Crippen molar-refractivity contribution in [2.45, 2.75) is 33.2 Å². The van der Waals surface area contributed by atoms with Crippen LogP contribution < -0.4 is 10.6 Å². The second kappa shape index (κ2) is 5.42. The van der Waals surface area contributed by atoms with Crippen LogP contribution >= 0.6 is 0 Å². The highest BCUT2D eigenvalue weighted by Gasteiger charge is 2.44. The molecule has 0 bridgehead atoms. The summed E-state index contributed by atoms with van der Waals surface area (Å²) in [6.45, 7) is 7.50. The normalized spacial score (nSPS) is 23.6. The number of carbonyl (C=O) groups is 1. The molecule has 1 aromatic rings. The van der Waals surface area contributed by atoms with Crippen LogP contribution in [0.25, 0.3) is 0 Å². The number of hydrogen-bond donors (Lipinski definition) is 2. The van der Waals surface area contributed by atoms with E-state index in [2.05, 4.69) is 15.6 Å². The first-order chi connectivity index (χ1) is 9.74. The molecule has 0 spiro atoms. The van der Waals surface area contributed by atoms with E-state index in [0.717, 1.165) is 12.1 Å². The maximum Gasteiger partial charge on any atom is 0.256 e. The summed E-state index contributed by atoms with van der Waals surface area (Å²) < 4.78 is 27.8. The van der Waals surface area contributed by atoms with E-state index < -0.39 is 23.1 Å². The number of nitrogens with one attached hydrogen (secondary N) is 2. The second-order valence-corrected chi connectivity index (χ2v) is 5.87. The lowest BCUT2D eigenvalue weighted by Crippen LogP contribution is -2.41. The number of nitrogens with zero attached hydrogens (tertiary/aromatic N) is 1. The molecular formula is C15H19F2N3O. The van der Waals surface area contributed by atoms with Gasteiger partial charge in [-0.25, -0.2) is 8.78 Å². The fraction of sp³-hybridized carbons (Fsp3) is 0.467. The number of amides is 1. The predicted octanol–water partition coefficient (Wildman–Crippen LogP) is 2.22. The van der Waals surface area contributed by atoms with Crippen molar-refractivity contribution in [3.05, 3.63) is 34.9 Å². The van der Waals surface area contributed by atoms with Crippen LogP contribution in [0.1, 0.15) is 31.9 Å². The maximum absolute atomic E-state index is 14.1. The second-order valence-electron chi connectivity index (χ2n) is 5.87. The summed E-state index contributed by atoms with van der Waals surface area (Å²) >= 11 is 0. The molecule has 114 valence electrons. The summed E-state index contributed by atoms with van der Waals surface area (Å²) in [5, 5.41) is 5.43. The van der Waals surface area contributed by atoms with Crippen LogP contribution in [0.15, 0.2) is 17.1 Å². The predicted molar refractivity (Wildman–Crippen MR) is 76.9 cm³/mol. The molecule has 21 heavy (non-hydrogen) atoms.